The zero-order valence-electron chi connectivity index (χ0n) is 13.6. The van der Waals surface area contributed by atoms with E-state index in [-0.39, 0.29) is 0 Å². The highest BCUT2D eigenvalue weighted by molar-refractivity contribution is 8.29. The summed E-state index contributed by atoms with van der Waals surface area (Å²) in [6, 6.07) is 8.42. The molecule has 0 N–H and O–H groups in total. The molecular formula is C17H29NSSi. The Kier molecular flexibility index (Phi) is 7.60. The first kappa shape index (κ1) is 17.5. The number of hydrogen-bond acceptors (Lipinski definition) is 2. The van der Waals surface area contributed by atoms with Crippen molar-refractivity contribution in [3.05, 3.63) is 35.4 Å². The Labute approximate surface area is 129 Å². The first-order valence-corrected chi connectivity index (χ1v) is 12.8. The lowest BCUT2D eigenvalue weighted by molar-refractivity contribution is 0.693. The summed E-state index contributed by atoms with van der Waals surface area (Å²) < 4.78 is 0. The lowest BCUT2D eigenvalue weighted by Gasteiger charge is -2.23. The minimum atomic E-state index is -0.992. The third-order valence-electron chi connectivity index (χ3n) is 3.21. The molecule has 0 aromatic heterocycles. The predicted molar refractivity (Wildman–Crippen MR) is 97.9 cm³/mol. The average Bonchev–Trinajstić information content (AvgIpc) is 2.37. The van der Waals surface area contributed by atoms with Crippen LogP contribution in [0.5, 0.6) is 0 Å². The van der Waals surface area contributed by atoms with Crippen molar-refractivity contribution in [2.24, 2.45) is 4.99 Å². The van der Waals surface area contributed by atoms with E-state index in [4.69, 9.17) is 0 Å². The molecule has 1 unspecified atom stereocenters. The summed E-state index contributed by atoms with van der Waals surface area (Å²) >= 11 is 2.25. The topological polar surface area (TPSA) is 12.4 Å². The number of aliphatic imine (C=N–C) groups is 1. The Bertz CT molecular complexity index is 423. The van der Waals surface area contributed by atoms with E-state index >= 15 is 0 Å². The van der Waals surface area contributed by atoms with Crippen molar-refractivity contribution in [3.63, 3.8) is 0 Å². The molecular weight excluding hydrogens is 278 g/mol. The monoisotopic (exact) mass is 307 g/mol. The van der Waals surface area contributed by atoms with Gasteiger partial charge in [-0.1, -0.05) is 50.8 Å². The summed E-state index contributed by atoms with van der Waals surface area (Å²) in [5, 5.41) is 0.829. The van der Waals surface area contributed by atoms with Gasteiger partial charge in [0.1, 0.15) is 7.22 Å². The van der Waals surface area contributed by atoms with E-state index in [0.717, 1.165) is 11.8 Å². The summed E-state index contributed by atoms with van der Waals surface area (Å²) in [6.07, 6.45) is 5.83. The van der Waals surface area contributed by atoms with Crippen LogP contribution in [0.1, 0.15) is 37.3 Å². The maximum absolute atomic E-state index is 4.58. The summed E-state index contributed by atoms with van der Waals surface area (Å²) in [7, 11) is -0.992. The van der Waals surface area contributed by atoms with E-state index < -0.39 is 7.22 Å². The van der Waals surface area contributed by atoms with Gasteiger partial charge in [-0.15, -0.1) is 0 Å². The van der Waals surface area contributed by atoms with Crippen molar-refractivity contribution >= 4 is 24.6 Å². The predicted octanol–water partition coefficient (Wildman–Crippen LogP) is 5.54. The van der Waals surface area contributed by atoms with Gasteiger partial charge in [0.2, 0.25) is 0 Å². The van der Waals surface area contributed by atoms with E-state index in [1.165, 1.54) is 30.4 Å². The number of rotatable bonds is 8. The molecule has 1 aromatic rings. The Hall–Kier alpha value is -0.543. The van der Waals surface area contributed by atoms with Crippen molar-refractivity contribution in [2.75, 3.05) is 6.54 Å². The molecule has 0 fully saturated rings. The van der Waals surface area contributed by atoms with Crippen LogP contribution in [0.3, 0.4) is 0 Å². The van der Waals surface area contributed by atoms with Crippen LogP contribution in [0.25, 0.3) is 0 Å². The molecule has 0 saturated carbocycles. The zero-order valence-corrected chi connectivity index (χ0v) is 15.5. The first-order chi connectivity index (χ1) is 9.42. The standard InChI is InChI=1S/C17H29NSSi/c1-6-17(19-20(3,4)5)12-9-13-18-14-16-11-8-7-10-15(16)2/h7-8,10-11,14,17H,6,9,12-13H2,1-5H3/b18-14+. The zero-order chi connectivity index (χ0) is 15.0. The molecule has 0 heterocycles. The minimum absolute atomic E-state index is 0.829. The van der Waals surface area contributed by atoms with Crippen LogP contribution in [0.4, 0.5) is 0 Å². The smallest absolute Gasteiger partial charge is 0.108 e. The SMILES string of the molecule is CCC(CCC/N=C/c1ccccc1C)S[Si](C)(C)C. The number of benzene rings is 1. The van der Waals surface area contributed by atoms with Gasteiger partial charge in [-0.05, 0) is 42.6 Å². The van der Waals surface area contributed by atoms with Gasteiger partial charge in [0.05, 0.1) is 0 Å². The second-order valence-electron chi connectivity index (χ2n) is 6.29. The van der Waals surface area contributed by atoms with E-state index in [1.807, 2.05) is 6.21 Å². The van der Waals surface area contributed by atoms with Crippen LogP contribution in [0.15, 0.2) is 29.3 Å². The van der Waals surface area contributed by atoms with Gasteiger partial charge >= 0.3 is 0 Å². The Morgan fingerprint density at radius 1 is 1.25 bits per heavy atom. The molecule has 0 amide bonds. The molecule has 1 aromatic carbocycles. The molecule has 0 spiro atoms. The van der Waals surface area contributed by atoms with Gasteiger partial charge < -0.3 is 0 Å². The van der Waals surface area contributed by atoms with Crippen LogP contribution in [0, 0.1) is 6.92 Å². The van der Waals surface area contributed by atoms with E-state index in [9.17, 15) is 0 Å². The van der Waals surface area contributed by atoms with E-state index in [2.05, 4.69) is 74.0 Å². The van der Waals surface area contributed by atoms with Gasteiger partial charge in [-0.3, -0.25) is 4.99 Å². The summed E-state index contributed by atoms with van der Waals surface area (Å²) in [6.45, 7) is 12.7. The van der Waals surface area contributed by atoms with Crippen molar-refractivity contribution in [1.82, 2.24) is 0 Å². The second kappa shape index (κ2) is 8.68. The molecule has 0 aliphatic rings. The molecule has 3 heteroatoms. The fraction of sp³-hybridized carbons (Fsp3) is 0.588. The molecule has 0 bridgehead atoms. The normalized spacial score (nSPS) is 13.8. The Morgan fingerprint density at radius 3 is 2.55 bits per heavy atom. The molecule has 0 aliphatic heterocycles. The summed E-state index contributed by atoms with van der Waals surface area (Å²) in [4.78, 5) is 4.58. The number of nitrogens with zero attached hydrogens (tertiary/aromatic N) is 1. The molecule has 0 radical (unpaired) electrons. The molecule has 1 nitrogen and oxygen atoms in total. The molecule has 20 heavy (non-hydrogen) atoms. The van der Waals surface area contributed by atoms with Crippen LogP contribution in [-0.4, -0.2) is 25.2 Å². The second-order valence-corrected chi connectivity index (χ2v) is 15.8. The summed E-state index contributed by atoms with van der Waals surface area (Å²) in [5.41, 5.74) is 2.55. The van der Waals surface area contributed by atoms with Gasteiger partial charge in [-0.25, -0.2) is 0 Å². The van der Waals surface area contributed by atoms with Crippen LogP contribution in [0.2, 0.25) is 19.6 Å². The molecule has 1 atom stereocenters. The van der Waals surface area contributed by atoms with Crippen LogP contribution in [-0.2, 0) is 0 Å². The third-order valence-corrected chi connectivity index (χ3v) is 7.94. The van der Waals surface area contributed by atoms with Crippen molar-refractivity contribution < 1.29 is 0 Å². The van der Waals surface area contributed by atoms with Crippen molar-refractivity contribution in [1.29, 1.82) is 0 Å². The molecule has 0 saturated heterocycles. The minimum Gasteiger partial charge on any atom is -0.293 e. The molecule has 0 aliphatic carbocycles. The molecule has 1 rings (SSSR count). The van der Waals surface area contributed by atoms with Gasteiger partial charge in [0, 0.05) is 12.8 Å². The maximum atomic E-state index is 4.58. The summed E-state index contributed by atoms with van der Waals surface area (Å²) in [5.74, 6) is 0. The lowest BCUT2D eigenvalue weighted by atomic mass is 10.1. The maximum Gasteiger partial charge on any atom is 0.108 e. The number of aryl methyl sites for hydroxylation is 1. The Balaban J connectivity index is 2.32. The largest absolute Gasteiger partial charge is 0.293 e. The fourth-order valence-corrected chi connectivity index (χ4v) is 7.46. The Morgan fingerprint density at radius 2 is 1.95 bits per heavy atom. The molecule has 112 valence electrons. The van der Waals surface area contributed by atoms with Crippen molar-refractivity contribution in [3.8, 4) is 0 Å². The van der Waals surface area contributed by atoms with Crippen LogP contribution < -0.4 is 0 Å². The van der Waals surface area contributed by atoms with Crippen molar-refractivity contribution in [2.45, 2.75) is 58.0 Å². The van der Waals surface area contributed by atoms with Gasteiger partial charge in [0.25, 0.3) is 0 Å². The highest BCUT2D eigenvalue weighted by atomic mass is 32.4. The first-order valence-electron chi connectivity index (χ1n) is 7.65. The van der Waals surface area contributed by atoms with E-state index in [0.29, 0.717) is 0 Å². The van der Waals surface area contributed by atoms with Crippen LogP contribution >= 0.6 is 11.2 Å². The highest BCUT2D eigenvalue weighted by Gasteiger charge is 2.19. The lowest BCUT2D eigenvalue weighted by Crippen LogP contribution is -2.20. The van der Waals surface area contributed by atoms with E-state index in [1.54, 1.807) is 0 Å². The number of hydrogen-bond donors (Lipinski definition) is 0. The highest BCUT2D eigenvalue weighted by Crippen LogP contribution is 2.29. The fourth-order valence-electron chi connectivity index (χ4n) is 2.15. The van der Waals surface area contributed by atoms with Gasteiger partial charge in [0.15, 0.2) is 0 Å². The van der Waals surface area contributed by atoms with Gasteiger partial charge in [-0.2, -0.15) is 11.2 Å². The average molecular weight is 308 g/mol. The third kappa shape index (κ3) is 7.30. The quantitative estimate of drug-likeness (QED) is 0.349.